The van der Waals surface area contributed by atoms with E-state index in [0.29, 0.717) is 36.4 Å². The van der Waals surface area contributed by atoms with Gasteiger partial charge in [0.05, 0.1) is 32.3 Å². The molecule has 0 radical (unpaired) electrons. The number of benzene rings is 2. The van der Waals surface area contributed by atoms with Crippen LogP contribution < -0.4 is 14.8 Å². The van der Waals surface area contributed by atoms with E-state index in [1.165, 1.54) is 24.6 Å². The highest BCUT2D eigenvalue weighted by Gasteiger charge is 2.35. The van der Waals surface area contributed by atoms with Gasteiger partial charge in [-0.1, -0.05) is 0 Å². The van der Waals surface area contributed by atoms with Crippen molar-refractivity contribution in [1.29, 1.82) is 0 Å². The summed E-state index contributed by atoms with van der Waals surface area (Å²) in [5, 5.41) is 2.81. The average Bonchev–Trinajstić information content (AvgIpc) is 2.84. The molecule has 1 amide bonds. The number of hydrogen-bond donors (Lipinski definition) is 1. The maximum atomic E-state index is 13.3. The number of hydrogen-bond acceptors (Lipinski definition) is 7. The van der Waals surface area contributed by atoms with Gasteiger partial charge in [-0.05, 0) is 56.2 Å². The Morgan fingerprint density at radius 1 is 1.09 bits per heavy atom. The highest BCUT2D eigenvalue weighted by molar-refractivity contribution is 7.89. The molecule has 0 saturated carbocycles. The van der Waals surface area contributed by atoms with Gasteiger partial charge in [0.15, 0.2) is 0 Å². The molecule has 2 aromatic rings. The molecular formula is C23H28N2O7S. The van der Waals surface area contributed by atoms with Gasteiger partial charge in [-0.3, -0.25) is 4.79 Å². The van der Waals surface area contributed by atoms with Gasteiger partial charge in [-0.15, -0.1) is 0 Å². The zero-order valence-electron chi connectivity index (χ0n) is 18.9. The third-order valence-corrected chi connectivity index (χ3v) is 7.29. The van der Waals surface area contributed by atoms with Crippen LogP contribution in [0.1, 0.15) is 30.1 Å². The summed E-state index contributed by atoms with van der Waals surface area (Å²) in [4.78, 5) is 24.6. The predicted molar refractivity (Wildman–Crippen MR) is 122 cm³/mol. The first-order valence-corrected chi connectivity index (χ1v) is 12.0. The van der Waals surface area contributed by atoms with Crippen molar-refractivity contribution in [2.45, 2.75) is 24.7 Å². The van der Waals surface area contributed by atoms with Crippen LogP contribution in [0.25, 0.3) is 0 Å². The van der Waals surface area contributed by atoms with Crippen LogP contribution in [0, 0.1) is 5.92 Å². The lowest BCUT2D eigenvalue weighted by Crippen LogP contribution is -2.43. The third-order valence-electron chi connectivity index (χ3n) is 5.41. The van der Waals surface area contributed by atoms with Crippen molar-refractivity contribution in [3.05, 3.63) is 48.0 Å². The monoisotopic (exact) mass is 476 g/mol. The zero-order chi connectivity index (χ0) is 24.0. The normalized spacial score (nSPS) is 16.6. The minimum Gasteiger partial charge on any atom is -0.497 e. The molecule has 1 N–H and O–H groups in total. The SMILES string of the molecule is CCOC(=O)c1ccc(NC(=O)C2CCCN(S(=O)(=O)c3cc(OC)ccc3OC)C2)cc1. The minimum absolute atomic E-state index is 0.0000349. The number of ether oxygens (including phenoxy) is 3. The van der Waals surface area contributed by atoms with Gasteiger partial charge < -0.3 is 19.5 Å². The van der Waals surface area contributed by atoms with Crippen molar-refractivity contribution in [1.82, 2.24) is 4.31 Å². The van der Waals surface area contributed by atoms with Gasteiger partial charge in [0.2, 0.25) is 15.9 Å². The summed E-state index contributed by atoms with van der Waals surface area (Å²) < 4.78 is 43.3. The number of rotatable bonds is 8. The van der Waals surface area contributed by atoms with Gasteiger partial charge in [-0.2, -0.15) is 4.31 Å². The molecule has 1 aliphatic heterocycles. The summed E-state index contributed by atoms with van der Waals surface area (Å²) in [5.74, 6) is -0.626. The van der Waals surface area contributed by atoms with Crippen molar-refractivity contribution < 1.29 is 32.2 Å². The third kappa shape index (κ3) is 5.63. The maximum Gasteiger partial charge on any atom is 0.338 e. The summed E-state index contributed by atoms with van der Waals surface area (Å²) in [6.45, 7) is 2.36. The summed E-state index contributed by atoms with van der Waals surface area (Å²) in [6.07, 6.45) is 1.11. The first-order chi connectivity index (χ1) is 15.8. The predicted octanol–water partition coefficient (Wildman–Crippen LogP) is 2.92. The molecule has 1 heterocycles. The van der Waals surface area contributed by atoms with Crippen molar-refractivity contribution in [3.63, 3.8) is 0 Å². The number of sulfonamides is 1. The Morgan fingerprint density at radius 2 is 1.82 bits per heavy atom. The Bertz CT molecular complexity index is 1100. The molecule has 0 aromatic heterocycles. The average molecular weight is 477 g/mol. The van der Waals surface area contributed by atoms with Crippen LogP contribution in [0.3, 0.4) is 0 Å². The van der Waals surface area contributed by atoms with Crippen LogP contribution in [0.15, 0.2) is 47.4 Å². The lowest BCUT2D eigenvalue weighted by atomic mass is 9.98. The van der Waals surface area contributed by atoms with Gasteiger partial charge in [0, 0.05) is 24.8 Å². The van der Waals surface area contributed by atoms with E-state index >= 15 is 0 Å². The van der Waals surface area contributed by atoms with Crippen LogP contribution in [0.5, 0.6) is 11.5 Å². The molecule has 33 heavy (non-hydrogen) atoms. The molecule has 2 aromatic carbocycles. The van der Waals surface area contributed by atoms with Crippen LogP contribution in [0.2, 0.25) is 0 Å². The van der Waals surface area contributed by atoms with Gasteiger partial charge >= 0.3 is 5.97 Å². The van der Waals surface area contributed by atoms with Crippen molar-refractivity contribution in [3.8, 4) is 11.5 Å². The number of nitrogens with zero attached hydrogens (tertiary/aromatic N) is 1. The number of piperidine rings is 1. The molecule has 0 aliphatic carbocycles. The number of anilines is 1. The Hall–Kier alpha value is -3.11. The van der Waals surface area contributed by atoms with E-state index in [0.717, 1.165) is 0 Å². The van der Waals surface area contributed by atoms with Crippen LogP contribution >= 0.6 is 0 Å². The Morgan fingerprint density at radius 3 is 2.45 bits per heavy atom. The smallest absolute Gasteiger partial charge is 0.338 e. The van der Waals surface area contributed by atoms with Crippen molar-refractivity contribution >= 4 is 27.6 Å². The molecule has 178 valence electrons. The fraction of sp³-hybridized carbons (Fsp3) is 0.391. The lowest BCUT2D eigenvalue weighted by molar-refractivity contribution is -0.120. The highest BCUT2D eigenvalue weighted by Crippen LogP contribution is 2.33. The fourth-order valence-electron chi connectivity index (χ4n) is 3.65. The summed E-state index contributed by atoms with van der Waals surface area (Å²) in [7, 11) is -1.04. The molecule has 1 fully saturated rings. The second-order valence-corrected chi connectivity index (χ2v) is 9.41. The van der Waals surface area contributed by atoms with Crippen LogP contribution in [-0.4, -0.2) is 58.5 Å². The number of methoxy groups -OCH3 is 2. The van der Waals surface area contributed by atoms with E-state index in [1.54, 1.807) is 43.3 Å². The van der Waals surface area contributed by atoms with Gasteiger partial charge in [-0.25, -0.2) is 13.2 Å². The molecule has 1 atom stereocenters. The topological polar surface area (TPSA) is 111 Å². The molecular weight excluding hydrogens is 448 g/mol. The summed E-state index contributed by atoms with van der Waals surface area (Å²) in [6, 6.07) is 11.0. The van der Waals surface area contributed by atoms with E-state index in [2.05, 4.69) is 5.32 Å². The zero-order valence-corrected chi connectivity index (χ0v) is 19.7. The standard InChI is InChI=1S/C23H28N2O7S/c1-4-32-23(27)16-7-9-18(10-8-16)24-22(26)17-6-5-13-25(15-17)33(28,29)21-14-19(30-2)11-12-20(21)31-3/h7-12,14,17H,4-6,13,15H2,1-3H3,(H,24,26). The van der Waals surface area contributed by atoms with E-state index in [1.807, 2.05) is 0 Å². The highest BCUT2D eigenvalue weighted by atomic mass is 32.2. The van der Waals surface area contributed by atoms with E-state index in [-0.39, 0.29) is 29.7 Å². The molecule has 1 saturated heterocycles. The van der Waals surface area contributed by atoms with Crippen LogP contribution in [0.4, 0.5) is 5.69 Å². The molecule has 1 aliphatic rings. The fourth-order valence-corrected chi connectivity index (χ4v) is 5.34. The molecule has 0 bridgehead atoms. The van der Waals surface area contributed by atoms with Gasteiger partial charge in [0.25, 0.3) is 0 Å². The number of nitrogens with one attached hydrogen (secondary N) is 1. The minimum atomic E-state index is -3.90. The number of esters is 1. The largest absolute Gasteiger partial charge is 0.497 e. The lowest BCUT2D eigenvalue weighted by Gasteiger charge is -2.31. The maximum absolute atomic E-state index is 13.3. The number of amides is 1. The molecule has 10 heteroatoms. The second-order valence-electron chi connectivity index (χ2n) is 7.51. The van der Waals surface area contributed by atoms with Crippen molar-refractivity contribution in [2.24, 2.45) is 5.92 Å². The molecule has 0 spiro atoms. The Balaban J connectivity index is 1.72. The molecule has 9 nitrogen and oxygen atoms in total. The summed E-state index contributed by atoms with van der Waals surface area (Å²) >= 11 is 0. The van der Waals surface area contributed by atoms with Crippen LogP contribution in [-0.2, 0) is 19.6 Å². The van der Waals surface area contributed by atoms with E-state index in [4.69, 9.17) is 14.2 Å². The summed E-state index contributed by atoms with van der Waals surface area (Å²) in [5.41, 5.74) is 0.902. The Labute approximate surface area is 193 Å². The first kappa shape index (κ1) is 24.5. The number of carbonyl (C=O) groups excluding carboxylic acids is 2. The van der Waals surface area contributed by atoms with E-state index < -0.39 is 21.9 Å². The quantitative estimate of drug-likeness (QED) is 0.583. The molecule has 1 unspecified atom stereocenters. The number of carbonyl (C=O) groups is 2. The second kappa shape index (κ2) is 10.7. The Kier molecular flexibility index (Phi) is 7.93. The van der Waals surface area contributed by atoms with E-state index in [9.17, 15) is 18.0 Å². The first-order valence-electron chi connectivity index (χ1n) is 10.6. The van der Waals surface area contributed by atoms with Crippen molar-refractivity contribution in [2.75, 3.05) is 39.2 Å². The molecule has 3 rings (SSSR count). The van der Waals surface area contributed by atoms with Gasteiger partial charge in [0.1, 0.15) is 16.4 Å².